The molecule has 1 aromatic heterocycles. The van der Waals surface area contributed by atoms with Gasteiger partial charge in [0.25, 0.3) is 0 Å². The third kappa shape index (κ3) is 3.05. The molecule has 0 aliphatic carbocycles. The molecule has 106 valence electrons. The molecule has 3 rings (SSSR count). The van der Waals surface area contributed by atoms with Gasteiger partial charge >= 0.3 is 0 Å². The van der Waals surface area contributed by atoms with E-state index in [0.717, 1.165) is 12.6 Å². The van der Waals surface area contributed by atoms with Gasteiger partial charge in [0, 0.05) is 30.6 Å². The summed E-state index contributed by atoms with van der Waals surface area (Å²) in [6, 6.07) is 5.52. The molecule has 0 bridgehead atoms. The van der Waals surface area contributed by atoms with E-state index >= 15 is 0 Å². The van der Waals surface area contributed by atoms with Crippen LogP contribution in [0.1, 0.15) is 30.2 Å². The van der Waals surface area contributed by atoms with Crippen LogP contribution in [0.3, 0.4) is 0 Å². The fourth-order valence-corrected chi connectivity index (χ4v) is 4.98. The first kappa shape index (κ1) is 14.0. The Kier molecular flexibility index (Phi) is 4.59. The van der Waals surface area contributed by atoms with E-state index in [1.165, 1.54) is 54.1 Å². The summed E-state index contributed by atoms with van der Waals surface area (Å²) in [7, 11) is 0. The van der Waals surface area contributed by atoms with Crippen LogP contribution in [0.25, 0.3) is 0 Å². The van der Waals surface area contributed by atoms with Gasteiger partial charge in [-0.1, -0.05) is 0 Å². The Labute approximate surface area is 127 Å². The minimum Gasteiger partial charge on any atom is -0.329 e. The van der Waals surface area contributed by atoms with Crippen molar-refractivity contribution in [3.63, 3.8) is 0 Å². The fourth-order valence-electron chi connectivity index (χ4n) is 3.41. The van der Waals surface area contributed by atoms with Crippen molar-refractivity contribution < 1.29 is 0 Å². The zero-order chi connectivity index (χ0) is 13.2. The van der Waals surface area contributed by atoms with Crippen LogP contribution in [0.15, 0.2) is 15.9 Å². The summed E-state index contributed by atoms with van der Waals surface area (Å²) in [5.41, 5.74) is 6.03. The lowest BCUT2D eigenvalue weighted by Gasteiger charge is -2.28. The molecule has 2 fully saturated rings. The molecule has 2 atom stereocenters. The zero-order valence-corrected chi connectivity index (χ0v) is 13.6. The van der Waals surface area contributed by atoms with Crippen molar-refractivity contribution in [3.05, 3.63) is 20.8 Å². The van der Waals surface area contributed by atoms with Crippen molar-refractivity contribution in [3.8, 4) is 0 Å². The number of halogens is 1. The van der Waals surface area contributed by atoms with E-state index in [1.54, 1.807) is 0 Å². The average molecular weight is 344 g/mol. The van der Waals surface area contributed by atoms with E-state index < -0.39 is 0 Å². The molecule has 3 heterocycles. The number of hydrogen-bond acceptors (Lipinski definition) is 4. The Hall–Kier alpha value is 0.0600. The Balaban J connectivity index is 1.65. The maximum absolute atomic E-state index is 6.03. The topological polar surface area (TPSA) is 32.5 Å². The second-order valence-corrected chi connectivity index (χ2v) is 8.07. The van der Waals surface area contributed by atoms with Crippen LogP contribution in [0.2, 0.25) is 0 Å². The predicted molar refractivity (Wildman–Crippen MR) is 84.6 cm³/mol. The first-order valence-electron chi connectivity index (χ1n) is 7.21. The third-order valence-electron chi connectivity index (χ3n) is 4.44. The Bertz CT molecular complexity index is 417. The summed E-state index contributed by atoms with van der Waals surface area (Å²) >= 11 is 5.38. The van der Waals surface area contributed by atoms with Crippen molar-refractivity contribution in [2.45, 2.75) is 31.3 Å². The molecule has 2 aliphatic heterocycles. The largest absolute Gasteiger partial charge is 0.329 e. The van der Waals surface area contributed by atoms with Crippen molar-refractivity contribution in [1.82, 2.24) is 9.80 Å². The van der Waals surface area contributed by atoms with E-state index in [2.05, 4.69) is 37.9 Å². The van der Waals surface area contributed by atoms with E-state index in [1.807, 2.05) is 11.3 Å². The van der Waals surface area contributed by atoms with E-state index in [9.17, 15) is 0 Å². The Morgan fingerprint density at radius 1 is 1.32 bits per heavy atom. The van der Waals surface area contributed by atoms with Crippen LogP contribution < -0.4 is 5.73 Å². The highest BCUT2D eigenvalue weighted by Crippen LogP contribution is 2.33. The van der Waals surface area contributed by atoms with Gasteiger partial charge in [0.05, 0.1) is 9.83 Å². The molecule has 2 N–H and O–H groups in total. The van der Waals surface area contributed by atoms with E-state index in [0.29, 0.717) is 6.04 Å². The van der Waals surface area contributed by atoms with Crippen molar-refractivity contribution >= 4 is 27.3 Å². The monoisotopic (exact) mass is 343 g/mol. The highest BCUT2D eigenvalue weighted by Gasteiger charge is 2.33. The van der Waals surface area contributed by atoms with Crippen LogP contribution in [0, 0.1) is 0 Å². The van der Waals surface area contributed by atoms with Crippen LogP contribution in [-0.2, 0) is 0 Å². The summed E-state index contributed by atoms with van der Waals surface area (Å²) < 4.78 is 1.20. The number of nitrogens with zero attached hydrogens (tertiary/aromatic N) is 2. The van der Waals surface area contributed by atoms with Gasteiger partial charge in [0.15, 0.2) is 0 Å². The highest BCUT2D eigenvalue weighted by atomic mass is 79.9. The molecular weight excluding hydrogens is 322 g/mol. The van der Waals surface area contributed by atoms with Gasteiger partial charge < -0.3 is 5.73 Å². The Morgan fingerprint density at radius 2 is 2.11 bits per heavy atom. The van der Waals surface area contributed by atoms with Gasteiger partial charge in [-0.05, 0) is 60.4 Å². The molecule has 3 nitrogen and oxygen atoms in total. The van der Waals surface area contributed by atoms with Crippen LogP contribution in [0.5, 0.6) is 0 Å². The lowest BCUT2D eigenvalue weighted by Crippen LogP contribution is -2.37. The molecule has 2 saturated heterocycles. The lowest BCUT2D eigenvalue weighted by molar-refractivity contribution is 0.204. The third-order valence-corrected chi connectivity index (χ3v) is 6.16. The molecule has 0 amide bonds. The fraction of sp³-hybridized carbons (Fsp3) is 0.714. The molecule has 0 spiro atoms. The highest BCUT2D eigenvalue weighted by molar-refractivity contribution is 9.11. The number of likely N-dealkylation sites (tertiary alicyclic amines) is 2. The molecule has 2 unspecified atom stereocenters. The maximum atomic E-state index is 6.03. The van der Waals surface area contributed by atoms with Crippen molar-refractivity contribution in [1.29, 1.82) is 0 Å². The molecule has 19 heavy (non-hydrogen) atoms. The van der Waals surface area contributed by atoms with Gasteiger partial charge in [-0.2, -0.15) is 0 Å². The molecule has 0 radical (unpaired) electrons. The summed E-state index contributed by atoms with van der Waals surface area (Å²) in [6.45, 7) is 5.71. The number of thiophene rings is 1. The molecule has 2 aliphatic rings. The number of hydrogen-bond donors (Lipinski definition) is 1. The van der Waals surface area contributed by atoms with Crippen LogP contribution >= 0.6 is 27.3 Å². The van der Waals surface area contributed by atoms with Crippen LogP contribution in [-0.4, -0.2) is 48.6 Å². The summed E-state index contributed by atoms with van der Waals surface area (Å²) in [5, 5.41) is 0. The van der Waals surface area contributed by atoms with Crippen molar-refractivity contribution in [2.24, 2.45) is 5.73 Å². The second-order valence-electron chi connectivity index (χ2n) is 5.57. The van der Waals surface area contributed by atoms with Gasteiger partial charge in [-0.3, -0.25) is 9.80 Å². The van der Waals surface area contributed by atoms with E-state index in [4.69, 9.17) is 5.73 Å². The first-order valence-corrected chi connectivity index (χ1v) is 8.82. The van der Waals surface area contributed by atoms with Crippen LogP contribution in [0.4, 0.5) is 0 Å². The normalized spacial score (nSPS) is 27.2. The minimum atomic E-state index is 0.406. The van der Waals surface area contributed by atoms with Crippen molar-refractivity contribution in [2.75, 3.05) is 32.7 Å². The quantitative estimate of drug-likeness (QED) is 0.912. The number of nitrogens with two attached hydrogens (primary N) is 1. The van der Waals surface area contributed by atoms with Gasteiger partial charge in [-0.15, -0.1) is 11.3 Å². The van der Waals surface area contributed by atoms with E-state index in [-0.39, 0.29) is 0 Å². The summed E-state index contributed by atoms with van der Waals surface area (Å²) in [4.78, 5) is 6.66. The summed E-state index contributed by atoms with van der Waals surface area (Å²) in [5.74, 6) is 0. The average Bonchev–Trinajstić information content (AvgIpc) is 3.10. The number of rotatable bonds is 4. The molecular formula is C14H22BrN3S. The maximum Gasteiger partial charge on any atom is 0.0702 e. The lowest BCUT2D eigenvalue weighted by atomic mass is 10.2. The molecule has 0 saturated carbocycles. The second kappa shape index (κ2) is 6.22. The van der Waals surface area contributed by atoms with Gasteiger partial charge in [0.2, 0.25) is 0 Å². The summed E-state index contributed by atoms with van der Waals surface area (Å²) in [6.07, 6.45) is 4.08. The minimum absolute atomic E-state index is 0.406. The van der Waals surface area contributed by atoms with Gasteiger partial charge in [-0.25, -0.2) is 0 Å². The molecule has 1 aromatic rings. The predicted octanol–water partition coefficient (Wildman–Crippen LogP) is 2.68. The first-order chi connectivity index (χ1) is 9.28. The van der Waals surface area contributed by atoms with Gasteiger partial charge in [0.1, 0.15) is 0 Å². The SMILES string of the molecule is NCC(c1ccc(Br)s1)N1CCC(N2CCCC2)C1. The standard InChI is InChI=1S/C14H22BrN3S/c15-14-4-3-13(19-14)12(9-16)18-8-5-11(10-18)17-6-1-2-7-17/h3-4,11-12H,1-2,5-10,16H2. The molecule has 5 heteroatoms. The molecule has 0 aromatic carbocycles. The Morgan fingerprint density at radius 3 is 2.74 bits per heavy atom. The zero-order valence-electron chi connectivity index (χ0n) is 11.2. The smallest absolute Gasteiger partial charge is 0.0702 e.